The molecule has 2 rings (SSSR count). The number of furan rings is 1. The molecular formula is C13H10Br2O5S. The topological polar surface area (TPSA) is 65.7 Å². The number of carbonyl (C=O) groups excluding carboxylic acids is 2. The molecule has 0 saturated carbocycles. The van der Waals surface area contributed by atoms with Crippen LogP contribution in [0, 0.1) is 6.92 Å². The molecule has 2 aromatic rings. The molecule has 0 amide bonds. The van der Waals surface area contributed by atoms with Gasteiger partial charge in [-0.2, -0.15) is 0 Å². The van der Waals surface area contributed by atoms with Gasteiger partial charge in [-0.3, -0.25) is 0 Å². The van der Waals surface area contributed by atoms with Crippen molar-refractivity contribution in [2.75, 3.05) is 7.11 Å². The predicted octanol–water partition coefficient (Wildman–Crippen LogP) is 4.32. The molecule has 0 bridgehead atoms. The maximum Gasteiger partial charge on any atom is 0.348 e. The molecule has 0 aliphatic heterocycles. The zero-order valence-corrected chi connectivity index (χ0v) is 15.1. The van der Waals surface area contributed by atoms with Crippen molar-refractivity contribution in [2.24, 2.45) is 0 Å². The molecule has 21 heavy (non-hydrogen) atoms. The zero-order valence-electron chi connectivity index (χ0n) is 11.1. The van der Waals surface area contributed by atoms with E-state index in [1.165, 1.54) is 24.5 Å². The summed E-state index contributed by atoms with van der Waals surface area (Å²) in [5, 5.41) is 0. The summed E-state index contributed by atoms with van der Waals surface area (Å²) < 4.78 is 16.7. The molecule has 5 nitrogen and oxygen atoms in total. The van der Waals surface area contributed by atoms with Gasteiger partial charge in [-0.25, -0.2) is 9.59 Å². The molecule has 0 radical (unpaired) electrons. The number of methoxy groups -OCH3 is 1. The second-order valence-electron chi connectivity index (χ2n) is 3.98. The molecule has 0 spiro atoms. The first-order chi connectivity index (χ1) is 9.92. The van der Waals surface area contributed by atoms with Crippen LogP contribution < -0.4 is 0 Å². The average Bonchev–Trinajstić information content (AvgIpc) is 2.99. The summed E-state index contributed by atoms with van der Waals surface area (Å²) in [5.41, 5.74) is 0.324. The van der Waals surface area contributed by atoms with Crippen LogP contribution in [0.5, 0.6) is 0 Å². The molecule has 8 heteroatoms. The van der Waals surface area contributed by atoms with E-state index in [2.05, 4.69) is 36.6 Å². The van der Waals surface area contributed by atoms with Crippen LogP contribution in [0.2, 0.25) is 0 Å². The van der Waals surface area contributed by atoms with Crippen LogP contribution in [-0.4, -0.2) is 19.0 Å². The predicted molar refractivity (Wildman–Crippen MR) is 83.6 cm³/mol. The number of halogens is 2. The number of thiophene rings is 1. The Morgan fingerprint density at radius 2 is 2.00 bits per heavy atom. The lowest BCUT2D eigenvalue weighted by molar-refractivity contribution is 0.0449. The third-order valence-electron chi connectivity index (χ3n) is 2.57. The number of aryl methyl sites for hydroxylation is 1. The molecule has 0 unspecified atom stereocenters. The molecule has 0 atom stereocenters. The molecular weight excluding hydrogens is 428 g/mol. The first kappa shape index (κ1) is 16.3. The summed E-state index contributed by atoms with van der Waals surface area (Å²) in [6.45, 7) is 1.59. The molecule has 0 aliphatic carbocycles. The normalized spacial score (nSPS) is 10.5. The van der Waals surface area contributed by atoms with Gasteiger partial charge in [0.25, 0.3) is 0 Å². The molecule has 0 fully saturated rings. The number of esters is 2. The van der Waals surface area contributed by atoms with Crippen LogP contribution in [0.1, 0.15) is 31.6 Å². The van der Waals surface area contributed by atoms with Gasteiger partial charge >= 0.3 is 11.9 Å². The Balaban J connectivity index is 2.03. The lowest BCUT2D eigenvalue weighted by Crippen LogP contribution is -2.03. The first-order valence-corrected chi connectivity index (χ1v) is 8.12. The molecule has 0 saturated heterocycles. The van der Waals surface area contributed by atoms with Crippen molar-refractivity contribution in [1.82, 2.24) is 0 Å². The van der Waals surface area contributed by atoms with E-state index in [-0.39, 0.29) is 6.61 Å². The minimum absolute atomic E-state index is 0.0518. The fraction of sp³-hybridized carbons (Fsp3) is 0.231. The van der Waals surface area contributed by atoms with Crippen molar-refractivity contribution in [3.63, 3.8) is 0 Å². The van der Waals surface area contributed by atoms with Gasteiger partial charge < -0.3 is 13.9 Å². The van der Waals surface area contributed by atoms with Crippen LogP contribution in [0.4, 0.5) is 0 Å². The van der Waals surface area contributed by atoms with E-state index in [9.17, 15) is 9.59 Å². The highest BCUT2D eigenvalue weighted by Gasteiger charge is 2.18. The maximum absolute atomic E-state index is 11.9. The smallest absolute Gasteiger partial charge is 0.348 e. The third-order valence-corrected chi connectivity index (χ3v) is 5.80. The summed E-state index contributed by atoms with van der Waals surface area (Å²) in [4.78, 5) is 23.8. The van der Waals surface area contributed by atoms with Gasteiger partial charge in [0, 0.05) is 4.47 Å². The Morgan fingerprint density at radius 3 is 2.57 bits per heavy atom. The molecule has 0 N–H and O–H groups in total. The number of hydrogen-bond acceptors (Lipinski definition) is 6. The Hall–Kier alpha value is -1.12. The largest absolute Gasteiger partial charge is 0.465 e. The van der Waals surface area contributed by atoms with Crippen molar-refractivity contribution >= 4 is 55.1 Å². The van der Waals surface area contributed by atoms with Crippen molar-refractivity contribution in [3.05, 3.63) is 42.4 Å². The zero-order chi connectivity index (χ0) is 15.6. The Kier molecular flexibility index (Phi) is 5.23. The highest BCUT2D eigenvalue weighted by Crippen LogP contribution is 2.32. The van der Waals surface area contributed by atoms with Crippen molar-refractivity contribution in [1.29, 1.82) is 0 Å². The van der Waals surface area contributed by atoms with Crippen LogP contribution in [0.25, 0.3) is 0 Å². The van der Waals surface area contributed by atoms with E-state index in [0.717, 1.165) is 8.26 Å². The quantitative estimate of drug-likeness (QED) is 0.666. The standard InChI is InChI=1S/C13H10Br2O5S/c1-6-8(12(16)18-2)3-7(20-6)5-19-13(17)10-4-9(14)11(15)21-10/h3-4H,5H2,1-2H3. The van der Waals surface area contributed by atoms with Gasteiger partial charge in [0.15, 0.2) is 0 Å². The monoisotopic (exact) mass is 436 g/mol. The number of ether oxygens (including phenoxy) is 2. The van der Waals surface area contributed by atoms with Crippen LogP contribution >= 0.6 is 43.2 Å². The summed E-state index contributed by atoms with van der Waals surface area (Å²) in [5.74, 6) is -0.134. The van der Waals surface area contributed by atoms with Gasteiger partial charge in [0.05, 0.1) is 10.9 Å². The SMILES string of the molecule is COC(=O)c1cc(COC(=O)c2cc(Br)c(Br)s2)oc1C. The highest BCUT2D eigenvalue weighted by molar-refractivity contribution is 9.13. The van der Waals surface area contributed by atoms with E-state index in [1.54, 1.807) is 13.0 Å². The van der Waals surface area contributed by atoms with Crippen molar-refractivity contribution < 1.29 is 23.5 Å². The number of rotatable bonds is 4. The first-order valence-electron chi connectivity index (χ1n) is 5.72. The number of hydrogen-bond donors (Lipinski definition) is 0. The van der Waals surface area contributed by atoms with E-state index in [4.69, 9.17) is 9.15 Å². The maximum atomic E-state index is 11.9. The number of carbonyl (C=O) groups is 2. The Labute approximate surface area is 141 Å². The minimum atomic E-state index is -0.486. The Morgan fingerprint density at radius 1 is 1.29 bits per heavy atom. The Bertz CT molecular complexity index is 669. The summed E-state index contributed by atoms with van der Waals surface area (Å²) in [7, 11) is 1.29. The van der Waals surface area contributed by atoms with Crippen LogP contribution in [0.3, 0.4) is 0 Å². The molecule has 0 aromatic carbocycles. The van der Waals surface area contributed by atoms with E-state index in [1.807, 2.05) is 0 Å². The summed E-state index contributed by atoms with van der Waals surface area (Å²) >= 11 is 7.88. The van der Waals surface area contributed by atoms with Gasteiger partial charge in [-0.05, 0) is 50.9 Å². The lowest BCUT2D eigenvalue weighted by atomic mass is 10.2. The van der Waals surface area contributed by atoms with Crippen molar-refractivity contribution in [3.8, 4) is 0 Å². The van der Waals surface area contributed by atoms with E-state index in [0.29, 0.717) is 22.0 Å². The molecule has 0 aliphatic rings. The molecule has 2 aromatic heterocycles. The fourth-order valence-electron chi connectivity index (χ4n) is 1.58. The van der Waals surface area contributed by atoms with Crippen LogP contribution in [0.15, 0.2) is 24.8 Å². The van der Waals surface area contributed by atoms with E-state index >= 15 is 0 Å². The van der Waals surface area contributed by atoms with Gasteiger partial charge in [-0.1, -0.05) is 0 Å². The average molecular weight is 438 g/mol. The van der Waals surface area contributed by atoms with Crippen LogP contribution in [-0.2, 0) is 16.1 Å². The fourth-order valence-corrected chi connectivity index (χ4v) is 3.51. The second kappa shape index (κ2) is 6.76. The highest BCUT2D eigenvalue weighted by atomic mass is 79.9. The van der Waals surface area contributed by atoms with E-state index < -0.39 is 11.9 Å². The van der Waals surface area contributed by atoms with Gasteiger partial charge in [0.1, 0.15) is 28.6 Å². The summed E-state index contributed by atoms with van der Waals surface area (Å²) in [6.07, 6.45) is 0. The third kappa shape index (κ3) is 3.75. The van der Waals surface area contributed by atoms with Gasteiger partial charge in [-0.15, -0.1) is 11.3 Å². The minimum Gasteiger partial charge on any atom is -0.465 e. The van der Waals surface area contributed by atoms with Gasteiger partial charge in [0.2, 0.25) is 0 Å². The molecule has 112 valence electrons. The van der Waals surface area contributed by atoms with Crippen molar-refractivity contribution in [2.45, 2.75) is 13.5 Å². The molecule has 2 heterocycles. The second-order valence-corrected chi connectivity index (χ2v) is 7.21. The lowest BCUT2D eigenvalue weighted by Gasteiger charge is -1.99. The summed E-state index contributed by atoms with van der Waals surface area (Å²) in [6, 6.07) is 3.18.